The van der Waals surface area contributed by atoms with Gasteiger partial charge in [-0.15, -0.1) is 10.2 Å². The lowest BCUT2D eigenvalue weighted by Crippen LogP contribution is -2.30. The molecule has 1 aliphatic heterocycles. The van der Waals surface area contributed by atoms with Gasteiger partial charge < -0.3 is 4.57 Å². The zero-order valence-corrected chi connectivity index (χ0v) is 12.1. The van der Waals surface area contributed by atoms with Gasteiger partial charge in [0.15, 0.2) is 11.6 Å². The number of fused-ring (bicyclic) bond motifs is 1. The minimum Gasteiger partial charge on any atom is -0.314 e. The molecular weight excluding hydrogens is 297 g/mol. The first-order valence-electron chi connectivity index (χ1n) is 6.54. The third kappa shape index (κ3) is 2.54. The summed E-state index contributed by atoms with van der Waals surface area (Å²) in [4.78, 5) is 3.59. The fourth-order valence-corrected chi connectivity index (χ4v) is 3.61. The molecule has 9 heteroatoms. The number of rotatable bonds is 4. The second-order valence-electron chi connectivity index (χ2n) is 4.86. The van der Waals surface area contributed by atoms with Crippen LogP contribution in [0.25, 0.3) is 0 Å². The molecule has 112 valence electrons. The molecule has 1 aliphatic rings. The van der Waals surface area contributed by atoms with E-state index in [1.54, 1.807) is 6.92 Å². The molecule has 0 aromatic carbocycles. The van der Waals surface area contributed by atoms with Gasteiger partial charge in [0, 0.05) is 19.2 Å². The Bertz CT molecular complexity index is 774. The van der Waals surface area contributed by atoms with Crippen LogP contribution in [-0.4, -0.2) is 28.2 Å². The van der Waals surface area contributed by atoms with Gasteiger partial charge in [0.1, 0.15) is 5.82 Å². The Hall–Kier alpha value is -1.87. The van der Waals surface area contributed by atoms with E-state index >= 15 is 0 Å². The maximum Gasteiger partial charge on any atom is 0.261 e. The first-order valence-corrected chi connectivity index (χ1v) is 8.02. The number of halogens is 1. The molecule has 2 aromatic heterocycles. The Morgan fingerprint density at radius 1 is 1.43 bits per heavy atom. The van der Waals surface area contributed by atoms with Crippen molar-refractivity contribution in [3.8, 4) is 0 Å². The van der Waals surface area contributed by atoms with Crippen molar-refractivity contribution < 1.29 is 12.8 Å². The standard InChI is InChI=1S/C12H14FN5O2S/c1-8(11-16-15-10-5-3-7-18(10)11)17-21(19,20)12-9(13)4-2-6-14-12/h2,4,6,8,17H,3,5,7H2,1H3. The van der Waals surface area contributed by atoms with Crippen molar-refractivity contribution in [2.75, 3.05) is 0 Å². The van der Waals surface area contributed by atoms with Crippen molar-refractivity contribution in [3.63, 3.8) is 0 Å². The number of hydrogen-bond donors (Lipinski definition) is 1. The largest absolute Gasteiger partial charge is 0.314 e. The van der Waals surface area contributed by atoms with E-state index < -0.39 is 26.9 Å². The zero-order chi connectivity index (χ0) is 15.0. The van der Waals surface area contributed by atoms with Gasteiger partial charge in [-0.2, -0.15) is 4.72 Å². The molecule has 0 fully saturated rings. The summed E-state index contributed by atoms with van der Waals surface area (Å²) in [5.74, 6) is 0.492. The molecule has 3 rings (SSSR count). The van der Waals surface area contributed by atoms with E-state index in [9.17, 15) is 12.8 Å². The number of nitrogens with zero attached hydrogens (tertiary/aromatic N) is 4. The minimum absolute atomic E-state index is 0.530. The summed E-state index contributed by atoms with van der Waals surface area (Å²) in [6.07, 6.45) is 3.03. The number of aromatic nitrogens is 4. The lowest BCUT2D eigenvalue weighted by molar-refractivity contribution is 0.524. The molecule has 2 aromatic rings. The number of sulfonamides is 1. The SMILES string of the molecule is CC(NS(=O)(=O)c1ncccc1F)c1nnc2n1CCC2. The minimum atomic E-state index is -4.05. The summed E-state index contributed by atoms with van der Waals surface area (Å²) in [6, 6.07) is 1.78. The van der Waals surface area contributed by atoms with E-state index in [-0.39, 0.29) is 0 Å². The zero-order valence-electron chi connectivity index (χ0n) is 11.3. The van der Waals surface area contributed by atoms with Crippen molar-refractivity contribution in [1.29, 1.82) is 0 Å². The lowest BCUT2D eigenvalue weighted by atomic mass is 10.3. The van der Waals surface area contributed by atoms with Crippen LogP contribution in [0.1, 0.15) is 31.0 Å². The summed E-state index contributed by atoms with van der Waals surface area (Å²) in [5, 5.41) is 7.42. The first kappa shape index (κ1) is 14.1. The quantitative estimate of drug-likeness (QED) is 0.902. The molecule has 0 saturated heterocycles. The molecule has 0 radical (unpaired) electrons. The van der Waals surface area contributed by atoms with Gasteiger partial charge in [0.25, 0.3) is 10.0 Å². The predicted molar refractivity (Wildman–Crippen MR) is 71.3 cm³/mol. The van der Waals surface area contributed by atoms with Crippen LogP contribution in [0.5, 0.6) is 0 Å². The van der Waals surface area contributed by atoms with Crippen LogP contribution in [0.4, 0.5) is 4.39 Å². The monoisotopic (exact) mass is 311 g/mol. The van der Waals surface area contributed by atoms with Crippen molar-refractivity contribution in [2.24, 2.45) is 0 Å². The second-order valence-corrected chi connectivity index (χ2v) is 6.49. The number of pyridine rings is 1. The highest BCUT2D eigenvalue weighted by atomic mass is 32.2. The molecule has 0 amide bonds. The van der Waals surface area contributed by atoms with Crippen molar-refractivity contribution in [3.05, 3.63) is 35.8 Å². The van der Waals surface area contributed by atoms with Crippen molar-refractivity contribution >= 4 is 10.0 Å². The van der Waals surface area contributed by atoms with E-state index in [0.717, 1.165) is 31.3 Å². The van der Waals surface area contributed by atoms with Gasteiger partial charge >= 0.3 is 0 Å². The summed E-state index contributed by atoms with van der Waals surface area (Å²) >= 11 is 0. The van der Waals surface area contributed by atoms with E-state index in [1.165, 1.54) is 12.3 Å². The van der Waals surface area contributed by atoms with Gasteiger partial charge in [-0.25, -0.2) is 17.8 Å². The highest BCUT2D eigenvalue weighted by Crippen LogP contribution is 2.21. The number of aryl methyl sites for hydroxylation is 1. The van der Waals surface area contributed by atoms with Crippen LogP contribution in [0.15, 0.2) is 23.4 Å². The average molecular weight is 311 g/mol. The predicted octanol–water partition coefficient (Wildman–Crippen LogP) is 0.798. The van der Waals surface area contributed by atoms with Crippen LogP contribution in [-0.2, 0) is 23.0 Å². The summed E-state index contributed by atoms with van der Waals surface area (Å²) < 4.78 is 42.2. The average Bonchev–Trinajstić information content (AvgIpc) is 3.00. The molecule has 3 heterocycles. The van der Waals surface area contributed by atoms with Crippen molar-refractivity contribution in [1.82, 2.24) is 24.5 Å². The van der Waals surface area contributed by atoms with Crippen molar-refractivity contribution in [2.45, 2.75) is 37.4 Å². The van der Waals surface area contributed by atoms with Gasteiger partial charge in [0.05, 0.1) is 6.04 Å². The molecule has 0 aliphatic carbocycles. The fourth-order valence-electron chi connectivity index (χ4n) is 2.40. The fraction of sp³-hybridized carbons (Fsp3) is 0.417. The van der Waals surface area contributed by atoms with Gasteiger partial charge in [-0.05, 0) is 25.5 Å². The molecule has 7 nitrogen and oxygen atoms in total. The highest BCUT2D eigenvalue weighted by molar-refractivity contribution is 7.89. The Morgan fingerprint density at radius 2 is 2.24 bits per heavy atom. The van der Waals surface area contributed by atoms with E-state index in [1.807, 2.05) is 4.57 Å². The third-order valence-corrected chi connectivity index (χ3v) is 4.81. The molecule has 21 heavy (non-hydrogen) atoms. The molecular formula is C12H14FN5O2S. The Labute approximate surface area is 121 Å². The summed E-state index contributed by atoms with van der Waals surface area (Å²) in [5.41, 5.74) is 0. The summed E-state index contributed by atoms with van der Waals surface area (Å²) in [6.45, 7) is 2.41. The van der Waals surface area contributed by atoms with Crippen LogP contribution in [0.2, 0.25) is 0 Å². The molecule has 0 saturated carbocycles. The second kappa shape index (κ2) is 5.15. The van der Waals surface area contributed by atoms with Gasteiger partial charge in [0.2, 0.25) is 5.03 Å². The van der Waals surface area contributed by atoms with Gasteiger partial charge in [-0.3, -0.25) is 0 Å². The molecule has 0 spiro atoms. The Balaban J connectivity index is 1.87. The van der Waals surface area contributed by atoms with Crippen LogP contribution in [0.3, 0.4) is 0 Å². The van der Waals surface area contributed by atoms with Crippen LogP contribution in [0, 0.1) is 5.82 Å². The maximum absolute atomic E-state index is 13.6. The Morgan fingerprint density at radius 3 is 3.00 bits per heavy atom. The molecule has 1 N–H and O–H groups in total. The molecule has 1 unspecified atom stereocenters. The molecule has 0 bridgehead atoms. The molecule has 1 atom stereocenters. The third-order valence-electron chi connectivity index (χ3n) is 3.34. The van der Waals surface area contributed by atoms with Crippen LogP contribution < -0.4 is 4.72 Å². The van der Waals surface area contributed by atoms with E-state index in [2.05, 4.69) is 19.9 Å². The Kier molecular flexibility index (Phi) is 3.46. The first-order chi connectivity index (χ1) is 9.99. The lowest BCUT2D eigenvalue weighted by Gasteiger charge is -2.14. The highest BCUT2D eigenvalue weighted by Gasteiger charge is 2.27. The topological polar surface area (TPSA) is 89.8 Å². The van der Waals surface area contributed by atoms with E-state index in [0.29, 0.717) is 5.82 Å². The summed E-state index contributed by atoms with van der Waals surface area (Å²) in [7, 11) is -4.05. The smallest absolute Gasteiger partial charge is 0.261 e. The number of nitrogens with one attached hydrogen (secondary N) is 1. The maximum atomic E-state index is 13.6. The van der Waals surface area contributed by atoms with Crippen LogP contribution >= 0.6 is 0 Å². The van der Waals surface area contributed by atoms with Gasteiger partial charge in [-0.1, -0.05) is 0 Å². The number of hydrogen-bond acceptors (Lipinski definition) is 5. The normalized spacial score (nSPS) is 15.9. The van der Waals surface area contributed by atoms with E-state index in [4.69, 9.17) is 0 Å².